The van der Waals surface area contributed by atoms with Crippen molar-refractivity contribution in [1.29, 1.82) is 0 Å². The summed E-state index contributed by atoms with van der Waals surface area (Å²) >= 11 is 3.25. The van der Waals surface area contributed by atoms with Crippen LogP contribution in [-0.4, -0.2) is 12.3 Å². The van der Waals surface area contributed by atoms with Crippen LogP contribution in [0, 0.1) is 6.92 Å². The van der Waals surface area contributed by atoms with Crippen LogP contribution in [-0.2, 0) is 4.79 Å². The zero-order valence-corrected chi connectivity index (χ0v) is 8.59. The summed E-state index contributed by atoms with van der Waals surface area (Å²) < 4.78 is 0.814. The Bertz CT molecular complexity index is 349. The van der Waals surface area contributed by atoms with Crippen LogP contribution in [0.15, 0.2) is 22.7 Å². The van der Waals surface area contributed by atoms with Gasteiger partial charge >= 0.3 is 0 Å². The molecule has 0 aliphatic rings. The smallest absolute Gasteiger partial charge is 0.257 e. The molecule has 0 heterocycles. The van der Waals surface area contributed by atoms with E-state index in [1.54, 1.807) is 6.07 Å². The molecule has 0 fully saturated rings. The first-order valence-electron chi connectivity index (χ1n) is 3.66. The standard InChI is InChI=1S/C9H8BrNO2/c1-6-2-3-7(10)4-8(6)9(13)11-5-12/h2-5H,1H3,(H,11,12,13). The number of imide groups is 1. The summed E-state index contributed by atoms with van der Waals surface area (Å²) in [5.41, 5.74) is 1.34. The van der Waals surface area contributed by atoms with Crippen molar-refractivity contribution in [2.24, 2.45) is 0 Å². The lowest BCUT2D eigenvalue weighted by molar-refractivity contribution is -0.108. The van der Waals surface area contributed by atoms with Crippen LogP contribution in [0.1, 0.15) is 15.9 Å². The SMILES string of the molecule is Cc1ccc(Br)cc1C(=O)NC=O. The molecule has 1 N–H and O–H groups in total. The molecule has 0 unspecified atom stereocenters. The molecule has 1 rings (SSSR count). The van der Waals surface area contributed by atoms with Crippen LogP contribution < -0.4 is 5.32 Å². The molecule has 1 aromatic rings. The highest BCUT2D eigenvalue weighted by molar-refractivity contribution is 9.10. The third-order valence-corrected chi connectivity index (χ3v) is 2.13. The maximum absolute atomic E-state index is 11.3. The Hall–Kier alpha value is -1.16. The third-order valence-electron chi connectivity index (χ3n) is 1.63. The van der Waals surface area contributed by atoms with Gasteiger partial charge in [0, 0.05) is 10.0 Å². The molecule has 0 spiro atoms. The van der Waals surface area contributed by atoms with E-state index in [2.05, 4.69) is 21.2 Å². The van der Waals surface area contributed by atoms with Gasteiger partial charge in [0.2, 0.25) is 6.41 Å². The van der Waals surface area contributed by atoms with E-state index >= 15 is 0 Å². The van der Waals surface area contributed by atoms with E-state index in [1.807, 2.05) is 19.1 Å². The Labute approximate surface area is 84.3 Å². The summed E-state index contributed by atoms with van der Waals surface area (Å²) in [6.07, 6.45) is 0.378. The van der Waals surface area contributed by atoms with Gasteiger partial charge in [0.25, 0.3) is 5.91 Å². The fourth-order valence-corrected chi connectivity index (χ4v) is 1.33. The second kappa shape index (κ2) is 4.18. The minimum atomic E-state index is -0.381. The van der Waals surface area contributed by atoms with Crippen LogP contribution in [0.3, 0.4) is 0 Å². The van der Waals surface area contributed by atoms with Gasteiger partial charge in [-0.1, -0.05) is 22.0 Å². The molecule has 0 saturated carbocycles. The third kappa shape index (κ3) is 2.39. The van der Waals surface area contributed by atoms with Crippen LogP contribution in [0.25, 0.3) is 0 Å². The van der Waals surface area contributed by atoms with Crippen LogP contribution in [0.5, 0.6) is 0 Å². The lowest BCUT2D eigenvalue weighted by Gasteiger charge is -2.03. The van der Waals surface area contributed by atoms with E-state index in [9.17, 15) is 9.59 Å². The summed E-state index contributed by atoms with van der Waals surface area (Å²) in [5.74, 6) is -0.381. The monoisotopic (exact) mass is 241 g/mol. The zero-order chi connectivity index (χ0) is 9.84. The number of hydrogen-bond acceptors (Lipinski definition) is 2. The Morgan fingerprint density at radius 2 is 2.23 bits per heavy atom. The zero-order valence-electron chi connectivity index (χ0n) is 7.00. The molecule has 1 aromatic carbocycles. The second-order valence-corrected chi connectivity index (χ2v) is 3.47. The molecule has 68 valence electrons. The molecule has 0 radical (unpaired) electrons. The van der Waals surface area contributed by atoms with Crippen molar-refractivity contribution in [2.45, 2.75) is 6.92 Å². The molecule has 0 atom stereocenters. The molecule has 0 aliphatic carbocycles. The predicted molar refractivity (Wildman–Crippen MR) is 52.4 cm³/mol. The molecule has 13 heavy (non-hydrogen) atoms. The van der Waals surface area contributed by atoms with Gasteiger partial charge in [-0.25, -0.2) is 0 Å². The molecule has 2 amide bonds. The molecule has 4 heteroatoms. The molecule has 0 saturated heterocycles. The summed E-state index contributed by atoms with van der Waals surface area (Å²) in [7, 11) is 0. The highest BCUT2D eigenvalue weighted by Crippen LogP contribution is 2.15. The Balaban J connectivity index is 3.05. The van der Waals surface area contributed by atoms with Gasteiger partial charge in [-0.3, -0.25) is 14.9 Å². The first-order chi connectivity index (χ1) is 6.15. The van der Waals surface area contributed by atoms with Gasteiger partial charge < -0.3 is 0 Å². The van der Waals surface area contributed by atoms with Crippen molar-refractivity contribution >= 4 is 28.2 Å². The number of carbonyl (C=O) groups is 2. The molecule has 3 nitrogen and oxygen atoms in total. The summed E-state index contributed by atoms with van der Waals surface area (Å²) in [5, 5.41) is 2.09. The van der Waals surface area contributed by atoms with Gasteiger partial charge in [0.05, 0.1) is 0 Å². The van der Waals surface area contributed by atoms with E-state index in [4.69, 9.17) is 0 Å². The quantitative estimate of drug-likeness (QED) is 0.801. The number of halogens is 1. The average Bonchev–Trinajstić information content (AvgIpc) is 2.09. The van der Waals surface area contributed by atoms with Gasteiger partial charge in [-0.05, 0) is 24.6 Å². The number of aryl methyl sites for hydroxylation is 1. The largest absolute Gasteiger partial charge is 0.295 e. The molecule has 0 bridgehead atoms. The lowest BCUT2D eigenvalue weighted by Crippen LogP contribution is -2.22. The second-order valence-electron chi connectivity index (χ2n) is 2.55. The molecular weight excluding hydrogens is 234 g/mol. The van der Waals surface area contributed by atoms with Crippen LogP contribution in [0.2, 0.25) is 0 Å². The van der Waals surface area contributed by atoms with Crippen molar-refractivity contribution in [3.63, 3.8) is 0 Å². The highest BCUT2D eigenvalue weighted by Gasteiger charge is 2.07. The topological polar surface area (TPSA) is 46.2 Å². The van der Waals surface area contributed by atoms with Gasteiger partial charge in [-0.15, -0.1) is 0 Å². The first-order valence-corrected chi connectivity index (χ1v) is 4.45. The molecule has 0 aromatic heterocycles. The summed E-state index contributed by atoms with van der Waals surface area (Å²) in [6.45, 7) is 1.81. The minimum absolute atomic E-state index is 0.378. The van der Waals surface area contributed by atoms with Gasteiger partial charge in [0.15, 0.2) is 0 Å². The number of benzene rings is 1. The van der Waals surface area contributed by atoms with Gasteiger partial charge in [0.1, 0.15) is 0 Å². The van der Waals surface area contributed by atoms with E-state index in [0.29, 0.717) is 12.0 Å². The van der Waals surface area contributed by atoms with Crippen molar-refractivity contribution < 1.29 is 9.59 Å². The maximum Gasteiger partial charge on any atom is 0.257 e. The fraction of sp³-hybridized carbons (Fsp3) is 0.111. The van der Waals surface area contributed by atoms with Crippen molar-refractivity contribution in [3.05, 3.63) is 33.8 Å². The predicted octanol–water partition coefficient (Wildman–Crippen LogP) is 1.64. The molecular formula is C9H8BrNO2. The van der Waals surface area contributed by atoms with Gasteiger partial charge in [-0.2, -0.15) is 0 Å². The van der Waals surface area contributed by atoms with E-state index in [-0.39, 0.29) is 5.91 Å². The molecule has 0 aliphatic heterocycles. The Morgan fingerprint density at radius 1 is 1.54 bits per heavy atom. The van der Waals surface area contributed by atoms with E-state index in [0.717, 1.165) is 10.0 Å². The minimum Gasteiger partial charge on any atom is -0.295 e. The van der Waals surface area contributed by atoms with E-state index < -0.39 is 0 Å². The number of hydrogen-bond donors (Lipinski definition) is 1. The fourth-order valence-electron chi connectivity index (χ4n) is 0.970. The first kappa shape index (κ1) is 9.92. The van der Waals surface area contributed by atoms with Crippen molar-refractivity contribution in [3.8, 4) is 0 Å². The van der Waals surface area contributed by atoms with Crippen molar-refractivity contribution in [2.75, 3.05) is 0 Å². The van der Waals surface area contributed by atoms with Crippen LogP contribution >= 0.6 is 15.9 Å². The Kier molecular flexibility index (Phi) is 3.19. The highest BCUT2D eigenvalue weighted by atomic mass is 79.9. The summed E-state index contributed by atoms with van der Waals surface area (Å²) in [6, 6.07) is 5.32. The maximum atomic E-state index is 11.3. The normalized spacial score (nSPS) is 9.38. The number of carbonyl (C=O) groups excluding carboxylic acids is 2. The van der Waals surface area contributed by atoms with Crippen molar-refractivity contribution in [1.82, 2.24) is 5.32 Å². The summed E-state index contributed by atoms with van der Waals surface area (Å²) in [4.78, 5) is 21.3. The lowest BCUT2D eigenvalue weighted by atomic mass is 10.1. The van der Waals surface area contributed by atoms with E-state index in [1.165, 1.54) is 0 Å². The number of amides is 2. The number of nitrogens with one attached hydrogen (secondary N) is 1. The number of rotatable bonds is 2. The Morgan fingerprint density at radius 3 is 2.85 bits per heavy atom. The average molecular weight is 242 g/mol. The van der Waals surface area contributed by atoms with Crippen LogP contribution in [0.4, 0.5) is 0 Å².